The Hall–Kier alpha value is -1.77. The van der Waals surface area contributed by atoms with Gasteiger partial charge in [-0.05, 0) is 24.5 Å². The maximum absolute atomic E-state index is 12.4. The molecule has 1 N–H and O–H groups in total. The summed E-state index contributed by atoms with van der Waals surface area (Å²) in [5.41, 5.74) is 3.03. The molecule has 3 nitrogen and oxygen atoms in total. The van der Waals surface area contributed by atoms with Gasteiger partial charge in [0.1, 0.15) is 0 Å². The molecule has 0 bridgehead atoms. The van der Waals surface area contributed by atoms with Crippen molar-refractivity contribution >= 4 is 11.5 Å². The van der Waals surface area contributed by atoms with Crippen LogP contribution in [0.15, 0.2) is 36.1 Å². The summed E-state index contributed by atoms with van der Waals surface area (Å²) in [6.07, 6.45) is 3.43. The number of rotatable bonds is 2. The highest BCUT2D eigenvalue weighted by Crippen LogP contribution is 2.34. The third-order valence-corrected chi connectivity index (χ3v) is 3.40. The standard InChI is InChI=1S/C14H15NO2/c16-14(10-4-3-7-17-9-10)12-8-15-13-6-2-1-5-11(12)13/h1-2,5-6,9,12,15H,3-4,7-8H2. The second-order valence-corrected chi connectivity index (χ2v) is 4.50. The summed E-state index contributed by atoms with van der Waals surface area (Å²) < 4.78 is 5.25. The molecule has 1 aromatic rings. The Morgan fingerprint density at radius 2 is 2.24 bits per heavy atom. The van der Waals surface area contributed by atoms with E-state index < -0.39 is 0 Å². The summed E-state index contributed by atoms with van der Waals surface area (Å²) in [5.74, 6) is 0.168. The van der Waals surface area contributed by atoms with E-state index in [0.29, 0.717) is 6.54 Å². The number of benzene rings is 1. The molecule has 2 aliphatic heterocycles. The molecule has 0 fully saturated rings. The van der Waals surface area contributed by atoms with Gasteiger partial charge in [0.2, 0.25) is 0 Å². The number of Topliss-reactive ketones (excluding diaryl/α,β-unsaturated/α-hetero) is 1. The number of carbonyl (C=O) groups is 1. The molecule has 0 saturated heterocycles. The van der Waals surface area contributed by atoms with Gasteiger partial charge in [0.25, 0.3) is 0 Å². The number of carbonyl (C=O) groups excluding carboxylic acids is 1. The number of fused-ring (bicyclic) bond motifs is 1. The van der Waals surface area contributed by atoms with Crippen LogP contribution in [0.3, 0.4) is 0 Å². The summed E-state index contributed by atoms with van der Waals surface area (Å²) in [6, 6.07) is 8.02. The highest BCUT2D eigenvalue weighted by atomic mass is 16.5. The quantitative estimate of drug-likeness (QED) is 0.846. The zero-order valence-corrected chi connectivity index (χ0v) is 9.61. The van der Waals surface area contributed by atoms with Gasteiger partial charge in [0.05, 0.1) is 18.8 Å². The molecule has 0 aliphatic carbocycles. The Labute approximate surface area is 100 Å². The van der Waals surface area contributed by atoms with Crippen LogP contribution in [0.5, 0.6) is 0 Å². The van der Waals surface area contributed by atoms with Gasteiger partial charge in [0.15, 0.2) is 5.78 Å². The van der Waals surface area contributed by atoms with Crippen LogP contribution in [0.1, 0.15) is 24.3 Å². The fourth-order valence-electron chi connectivity index (χ4n) is 2.49. The van der Waals surface area contributed by atoms with Crippen molar-refractivity contribution in [1.29, 1.82) is 0 Å². The van der Waals surface area contributed by atoms with Crippen molar-refractivity contribution in [2.75, 3.05) is 18.5 Å². The van der Waals surface area contributed by atoms with Gasteiger partial charge in [-0.25, -0.2) is 0 Å². The first-order valence-electron chi connectivity index (χ1n) is 6.04. The van der Waals surface area contributed by atoms with Gasteiger partial charge in [0, 0.05) is 17.8 Å². The van der Waals surface area contributed by atoms with Crippen LogP contribution in [-0.4, -0.2) is 18.9 Å². The van der Waals surface area contributed by atoms with Crippen LogP contribution < -0.4 is 5.32 Å². The minimum Gasteiger partial charge on any atom is -0.501 e. The second kappa shape index (κ2) is 4.24. The maximum atomic E-state index is 12.4. The molecule has 0 aromatic heterocycles. The molecule has 1 unspecified atom stereocenters. The average molecular weight is 229 g/mol. The Morgan fingerprint density at radius 1 is 1.35 bits per heavy atom. The summed E-state index contributed by atoms with van der Waals surface area (Å²) in [4.78, 5) is 12.4. The molecule has 3 heteroatoms. The van der Waals surface area contributed by atoms with Crippen molar-refractivity contribution in [3.8, 4) is 0 Å². The van der Waals surface area contributed by atoms with Gasteiger partial charge < -0.3 is 10.1 Å². The van der Waals surface area contributed by atoms with E-state index in [9.17, 15) is 4.79 Å². The molecule has 0 amide bonds. The van der Waals surface area contributed by atoms with Crippen LogP contribution in [-0.2, 0) is 9.53 Å². The van der Waals surface area contributed by atoms with Crippen LogP contribution in [0.25, 0.3) is 0 Å². The van der Waals surface area contributed by atoms with Gasteiger partial charge in [-0.15, -0.1) is 0 Å². The molecule has 3 rings (SSSR count). The smallest absolute Gasteiger partial charge is 0.171 e. The first-order valence-corrected chi connectivity index (χ1v) is 6.04. The number of anilines is 1. The van der Waals surface area contributed by atoms with Crippen LogP contribution >= 0.6 is 0 Å². The van der Waals surface area contributed by atoms with E-state index in [0.717, 1.165) is 36.3 Å². The average Bonchev–Trinajstić information content (AvgIpc) is 2.83. The fourth-order valence-corrected chi connectivity index (χ4v) is 2.49. The van der Waals surface area contributed by atoms with E-state index in [1.54, 1.807) is 6.26 Å². The number of ether oxygens (including phenoxy) is 1. The van der Waals surface area contributed by atoms with Crippen molar-refractivity contribution in [2.24, 2.45) is 0 Å². The number of para-hydroxylation sites is 1. The molecular weight excluding hydrogens is 214 g/mol. The van der Waals surface area contributed by atoms with Crippen molar-refractivity contribution in [2.45, 2.75) is 18.8 Å². The summed E-state index contributed by atoms with van der Waals surface area (Å²) in [6.45, 7) is 1.44. The summed E-state index contributed by atoms with van der Waals surface area (Å²) in [5, 5.41) is 3.28. The molecule has 0 spiro atoms. The zero-order valence-electron chi connectivity index (χ0n) is 9.61. The van der Waals surface area contributed by atoms with Crippen LogP contribution in [0.2, 0.25) is 0 Å². The van der Waals surface area contributed by atoms with E-state index in [-0.39, 0.29) is 11.7 Å². The molecule has 0 radical (unpaired) electrons. The predicted octanol–water partition coefficient (Wildman–Crippen LogP) is 2.46. The summed E-state index contributed by atoms with van der Waals surface area (Å²) >= 11 is 0. The van der Waals surface area contributed by atoms with Gasteiger partial charge in [-0.1, -0.05) is 18.2 Å². The van der Waals surface area contributed by atoms with Crippen molar-refractivity contribution in [3.63, 3.8) is 0 Å². The van der Waals surface area contributed by atoms with Crippen molar-refractivity contribution < 1.29 is 9.53 Å². The number of ketones is 1. The third kappa shape index (κ3) is 1.82. The Bertz CT molecular complexity index is 479. The highest BCUT2D eigenvalue weighted by molar-refractivity contribution is 6.02. The lowest BCUT2D eigenvalue weighted by molar-refractivity contribution is -0.117. The van der Waals surface area contributed by atoms with E-state index >= 15 is 0 Å². The predicted molar refractivity (Wildman–Crippen MR) is 65.9 cm³/mol. The van der Waals surface area contributed by atoms with Gasteiger partial charge in [-0.3, -0.25) is 4.79 Å². The van der Waals surface area contributed by atoms with E-state index in [1.165, 1.54) is 0 Å². The van der Waals surface area contributed by atoms with E-state index in [4.69, 9.17) is 4.74 Å². The lowest BCUT2D eigenvalue weighted by Gasteiger charge is -2.16. The Kier molecular flexibility index (Phi) is 2.59. The van der Waals surface area contributed by atoms with Crippen LogP contribution in [0, 0.1) is 0 Å². The molecule has 88 valence electrons. The number of hydrogen-bond donors (Lipinski definition) is 1. The van der Waals surface area contributed by atoms with Gasteiger partial charge in [-0.2, -0.15) is 0 Å². The Morgan fingerprint density at radius 3 is 3.06 bits per heavy atom. The highest BCUT2D eigenvalue weighted by Gasteiger charge is 2.30. The first kappa shape index (κ1) is 10.4. The van der Waals surface area contributed by atoms with Crippen molar-refractivity contribution in [1.82, 2.24) is 0 Å². The minimum atomic E-state index is -0.0425. The molecule has 1 aromatic carbocycles. The normalized spacial score (nSPS) is 22.1. The molecular formula is C14H15NO2. The molecule has 2 heterocycles. The van der Waals surface area contributed by atoms with E-state index in [1.807, 2.05) is 24.3 Å². The maximum Gasteiger partial charge on any atom is 0.171 e. The number of hydrogen-bond acceptors (Lipinski definition) is 3. The van der Waals surface area contributed by atoms with E-state index in [2.05, 4.69) is 5.32 Å². The largest absolute Gasteiger partial charge is 0.501 e. The monoisotopic (exact) mass is 229 g/mol. The lowest BCUT2D eigenvalue weighted by atomic mass is 9.90. The third-order valence-electron chi connectivity index (χ3n) is 3.40. The second-order valence-electron chi connectivity index (χ2n) is 4.50. The molecule has 1 atom stereocenters. The Balaban J connectivity index is 1.87. The topological polar surface area (TPSA) is 38.3 Å². The zero-order chi connectivity index (χ0) is 11.7. The van der Waals surface area contributed by atoms with Crippen molar-refractivity contribution in [3.05, 3.63) is 41.7 Å². The minimum absolute atomic E-state index is 0.0425. The molecule has 2 aliphatic rings. The summed E-state index contributed by atoms with van der Waals surface area (Å²) in [7, 11) is 0. The molecule has 0 saturated carbocycles. The van der Waals surface area contributed by atoms with Crippen LogP contribution in [0.4, 0.5) is 5.69 Å². The molecule has 17 heavy (non-hydrogen) atoms. The SMILES string of the molecule is O=C(C1=COCCC1)C1CNc2ccccc21. The number of nitrogens with one attached hydrogen (secondary N) is 1. The number of allylic oxidation sites excluding steroid dienone is 1. The lowest BCUT2D eigenvalue weighted by Crippen LogP contribution is -2.18. The fraction of sp³-hybridized carbons (Fsp3) is 0.357. The van der Waals surface area contributed by atoms with Gasteiger partial charge >= 0.3 is 0 Å². The first-order chi connectivity index (χ1) is 8.36.